The van der Waals surface area contributed by atoms with Crippen LogP contribution in [0, 0.1) is 0 Å². The van der Waals surface area contributed by atoms with Gasteiger partial charge in [-0.2, -0.15) is 0 Å². The number of hydrogen-bond acceptors (Lipinski definition) is 2. The van der Waals surface area contributed by atoms with E-state index < -0.39 is 0 Å². The first-order valence-electron chi connectivity index (χ1n) is 14.8. The highest BCUT2D eigenvalue weighted by Gasteiger charge is 2.51. The third-order valence-corrected chi connectivity index (χ3v) is 9.12. The smallest absolute Gasteiger partial charge is 0.160 e. The van der Waals surface area contributed by atoms with Gasteiger partial charge in [-0.25, -0.2) is 9.97 Å². The molecule has 200 valence electrons. The maximum atomic E-state index is 5.13. The molecule has 1 aromatic heterocycles. The van der Waals surface area contributed by atoms with Crippen LogP contribution in [0.2, 0.25) is 0 Å². The zero-order chi connectivity index (χ0) is 28.4. The summed E-state index contributed by atoms with van der Waals surface area (Å²) >= 11 is 0. The molecule has 0 atom stereocenters. The van der Waals surface area contributed by atoms with E-state index in [9.17, 15) is 0 Å². The van der Waals surface area contributed by atoms with Crippen molar-refractivity contribution in [2.45, 2.75) is 5.41 Å². The van der Waals surface area contributed by atoms with Crippen LogP contribution in [-0.2, 0) is 5.41 Å². The quantitative estimate of drug-likeness (QED) is 0.220. The fourth-order valence-electron chi connectivity index (χ4n) is 7.33. The summed E-state index contributed by atoms with van der Waals surface area (Å²) in [6, 6.07) is 56.4. The summed E-state index contributed by atoms with van der Waals surface area (Å²) < 4.78 is 0. The van der Waals surface area contributed by atoms with Gasteiger partial charge in [-0.3, -0.25) is 0 Å². The monoisotopic (exact) mass is 546 g/mol. The van der Waals surface area contributed by atoms with Gasteiger partial charge in [0.2, 0.25) is 0 Å². The van der Waals surface area contributed by atoms with Crippen LogP contribution in [0.15, 0.2) is 158 Å². The summed E-state index contributed by atoms with van der Waals surface area (Å²) in [5, 5.41) is 0. The van der Waals surface area contributed by atoms with Crippen LogP contribution < -0.4 is 0 Å². The zero-order valence-corrected chi connectivity index (χ0v) is 23.4. The molecule has 1 spiro atoms. The molecule has 0 bridgehead atoms. The lowest BCUT2D eigenvalue weighted by Crippen LogP contribution is -2.25. The maximum absolute atomic E-state index is 5.13. The fraction of sp³-hybridized carbons (Fsp3) is 0.0244. The van der Waals surface area contributed by atoms with Crippen LogP contribution in [0.1, 0.15) is 22.3 Å². The molecule has 7 aromatic rings. The Morgan fingerprint density at radius 2 is 0.744 bits per heavy atom. The third-order valence-electron chi connectivity index (χ3n) is 9.12. The van der Waals surface area contributed by atoms with E-state index in [1.165, 1.54) is 44.5 Å². The molecule has 9 rings (SSSR count). The van der Waals surface area contributed by atoms with Gasteiger partial charge in [-0.1, -0.05) is 146 Å². The van der Waals surface area contributed by atoms with Crippen molar-refractivity contribution in [2.24, 2.45) is 0 Å². The number of nitrogens with zero attached hydrogens (tertiary/aromatic N) is 2. The largest absolute Gasteiger partial charge is 0.228 e. The zero-order valence-electron chi connectivity index (χ0n) is 23.4. The lowest BCUT2D eigenvalue weighted by molar-refractivity contribution is 0.794. The van der Waals surface area contributed by atoms with E-state index in [1.807, 2.05) is 12.1 Å². The van der Waals surface area contributed by atoms with Crippen LogP contribution in [0.3, 0.4) is 0 Å². The van der Waals surface area contributed by atoms with Crippen LogP contribution >= 0.6 is 0 Å². The molecule has 0 saturated heterocycles. The molecule has 1 heterocycles. The lowest BCUT2D eigenvalue weighted by Gasteiger charge is -2.30. The molecule has 0 saturated carbocycles. The van der Waals surface area contributed by atoms with E-state index in [0.29, 0.717) is 0 Å². The molecule has 6 aromatic carbocycles. The Hall–Kier alpha value is -5.60. The highest BCUT2D eigenvalue weighted by molar-refractivity contribution is 5.95. The lowest BCUT2D eigenvalue weighted by atomic mass is 9.70. The molecule has 0 fully saturated rings. The van der Waals surface area contributed by atoms with Crippen molar-refractivity contribution in [3.8, 4) is 56.2 Å². The summed E-state index contributed by atoms with van der Waals surface area (Å²) in [5.74, 6) is 0.730. The van der Waals surface area contributed by atoms with Crippen LogP contribution in [0.5, 0.6) is 0 Å². The summed E-state index contributed by atoms with van der Waals surface area (Å²) in [5.41, 5.74) is 15.2. The second-order valence-electron chi connectivity index (χ2n) is 11.3. The standard InChI is InChI=1S/C41H26N2/c1-3-13-27(14-4-1)38-26-39(28-15-5-2-6-16-28)43-40(42-38)29-23-24-37-33(25-29)32-19-9-12-22-36(32)41(37)34-20-10-7-17-30(34)31-18-8-11-21-35(31)41/h1-26H. The van der Waals surface area contributed by atoms with Gasteiger partial charge in [0, 0.05) is 16.7 Å². The van der Waals surface area contributed by atoms with Crippen molar-refractivity contribution < 1.29 is 0 Å². The van der Waals surface area contributed by atoms with Gasteiger partial charge in [0.25, 0.3) is 0 Å². The van der Waals surface area contributed by atoms with Gasteiger partial charge in [0.1, 0.15) is 0 Å². The Morgan fingerprint density at radius 3 is 1.26 bits per heavy atom. The summed E-state index contributed by atoms with van der Waals surface area (Å²) in [7, 11) is 0. The summed E-state index contributed by atoms with van der Waals surface area (Å²) in [4.78, 5) is 10.3. The Morgan fingerprint density at radius 1 is 0.326 bits per heavy atom. The van der Waals surface area contributed by atoms with Crippen molar-refractivity contribution in [1.82, 2.24) is 9.97 Å². The Balaban J connectivity index is 1.30. The van der Waals surface area contributed by atoms with Crippen LogP contribution in [-0.4, -0.2) is 9.97 Å². The van der Waals surface area contributed by atoms with Crippen LogP contribution in [0.4, 0.5) is 0 Å². The Labute approximate surface area is 251 Å². The van der Waals surface area contributed by atoms with Crippen molar-refractivity contribution >= 4 is 0 Å². The Bertz CT molecular complexity index is 2080. The number of rotatable bonds is 3. The molecule has 0 amide bonds. The minimum Gasteiger partial charge on any atom is -0.228 e. The van der Waals surface area contributed by atoms with Gasteiger partial charge in [0.15, 0.2) is 5.82 Å². The average Bonchev–Trinajstić information content (AvgIpc) is 3.56. The summed E-state index contributed by atoms with van der Waals surface area (Å²) in [6.45, 7) is 0. The van der Waals surface area contributed by atoms with E-state index >= 15 is 0 Å². The van der Waals surface area contributed by atoms with Crippen molar-refractivity contribution in [3.05, 3.63) is 180 Å². The van der Waals surface area contributed by atoms with Crippen molar-refractivity contribution in [3.63, 3.8) is 0 Å². The van der Waals surface area contributed by atoms with Crippen molar-refractivity contribution in [2.75, 3.05) is 0 Å². The number of aromatic nitrogens is 2. The van der Waals surface area contributed by atoms with E-state index in [0.717, 1.165) is 33.9 Å². The molecule has 2 aliphatic carbocycles. The van der Waals surface area contributed by atoms with E-state index in [4.69, 9.17) is 9.97 Å². The number of fused-ring (bicyclic) bond motifs is 10. The first-order valence-corrected chi connectivity index (χ1v) is 14.8. The normalized spacial score (nSPS) is 13.3. The average molecular weight is 547 g/mol. The van der Waals surface area contributed by atoms with Gasteiger partial charge >= 0.3 is 0 Å². The van der Waals surface area contributed by atoms with E-state index in [1.54, 1.807) is 0 Å². The first kappa shape index (κ1) is 24.0. The molecule has 0 unspecified atom stereocenters. The highest BCUT2D eigenvalue weighted by Crippen LogP contribution is 2.62. The first-order chi connectivity index (χ1) is 21.3. The minimum atomic E-state index is -0.348. The van der Waals surface area contributed by atoms with Gasteiger partial charge in [-0.15, -0.1) is 0 Å². The second-order valence-corrected chi connectivity index (χ2v) is 11.3. The minimum absolute atomic E-state index is 0.348. The van der Waals surface area contributed by atoms with E-state index in [2.05, 4.69) is 146 Å². The van der Waals surface area contributed by atoms with Gasteiger partial charge in [-0.05, 0) is 56.6 Å². The number of benzene rings is 6. The van der Waals surface area contributed by atoms with E-state index in [-0.39, 0.29) is 5.41 Å². The fourth-order valence-corrected chi connectivity index (χ4v) is 7.33. The third kappa shape index (κ3) is 3.41. The molecule has 0 aliphatic heterocycles. The highest BCUT2D eigenvalue weighted by atomic mass is 14.9. The molecule has 2 aliphatic rings. The molecule has 43 heavy (non-hydrogen) atoms. The van der Waals surface area contributed by atoms with Gasteiger partial charge < -0.3 is 0 Å². The molecular weight excluding hydrogens is 520 g/mol. The van der Waals surface area contributed by atoms with Gasteiger partial charge in [0.05, 0.1) is 16.8 Å². The second kappa shape index (κ2) is 9.20. The predicted octanol–water partition coefficient (Wildman–Crippen LogP) is 9.82. The molecule has 2 nitrogen and oxygen atoms in total. The number of hydrogen-bond donors (Lipinski definition) is 0. The molecular formula is C41H26N2. The topological polar surface area (TPSA) is 25.8 Å². The van der Waals surface area contributed by atoms with Crippen molar-refractivity contribution in [1.29, 1.82) is 0 Å². The molecule has 0 radical (unpaired) electrons. The summed E-state index contributed by atoms with van der Waals surface area (Å²) in [6.07, 6.45) is 0. The van der Waals surface area contributed by atoms with Crippen LogP contribution in [0.25, 0.3) is 56.2 Å². The SMILES string of the molecule is c1ccc(-c2cc(-c3ccccc3)nc(-c3ccc4c(c3)-c3ccccc3C43c4ccccc4-c4ccccc43)n2)cc1. The maximum Gasteiger partial charge on any atom is 0.160 e. The predicted molar refractivity (Wildman–Crippen MR) is 175 cm³/mol. The molecule has 2 heteroatoms. The Kier molecular flexibility index (Phi) is 5.15. The molecule has 0 N–H and O–H groups in total.